The first-order valence-electron chi connectivity index (χ1n) is 13.7. The highest BCUT2D eigenvalue weighted by Crippen LogP contribution is 2.23. The van der Waals surface area contributed by atoms with Crippen LogP contribution in [0.2, 0.25) is 0 Å². The first-order chi connectivity index (χ1) is 16.1. The molecule has 3 unspecified atom stereocenters. The van der Waals surface area contributed by atoms with Crippen LogP contribution in [0.5, 0.6) is 0 Å². The van der Waals surface area contributed by atoms with Crippen molar-refractivity contribution in [1.29, 1.82) is 0 Å². The molecule has 0 aliphatic carbocycles. The lowest BCUT2D eigenvalue weighted by Gasteiger charge is -2.39. The molecule has 0 aromatic carbocycles. The molecule has 1 rings (SSSR count). The molecule has 0 aromatic rings. The molecule has 4 N–H and O–H groups in total. The summed E-state index contributed by atoms with van der Waals surface area (Å²) in [7, 11) is 0. The molecule has 0 spiro atoms. The third kappa shape index (κ3) is 13.0. The molecular formula is C28H54O6. The molecule has 1 aliphatic rings. The standard InChI is InChI=1S/C28H54O6/c1-20(2)11-8-13-22(4)15-10-17-23(5)16-9-14-21(3)12-6-7-18-33-28-27(32)26(31)25(30)24(19-29)34-28/h12,20,22-32H,6-11,13-19H2,1-5H3/t22?,23?,24-,25-,26+,27+,28?/m1/s1. The third-order valence-corrected chi connectivity index (χ3v) is 7.11. The Hall–Kier alpha value is -0.500. The van der Waals surface area contributed by atoms with Gasteiger partial charge >= 0.3 is 0 Å². The van der Waals surface area contributed by atoms with Crippen molar-refractivity contribution in [3.8, 4) is 0 Å². The van der Waals surface area contributed by atoms with Crippen molar-refractivity contribution in [2.24, 2.45) is 17.8 Å². The average Bonchev–Trinajstić information content (AvgIpc) is 2.78. The number of rotatable bonds is 18. The second kappa shape index (κ2) is 17.9. The van der Waals surface area contributed by atoms with Crippen LogP contribution in [0.25, 0.3) is 0 Å². The summed E-state index contributed by atoms with van der Waals surface area (Å²) in [6.45, 7) is 11.5. The van der Waals surface area contributed by atoms with Crippen molar-refractivity contribution < 1.29 is 29.9 Å². The Morgan fingerprint density at radius 2 is 1.41 bits per heavy atom. The van der Waals surface area contributed by atoms with E-state index in [1.165, 1.54) is 56.9 Å². The highest BCUT2D eigenvalue weighted by molar-refractivity contribution is 4.97. The largest absolute Gasteiger partial charge is 0.394 e. The first-order valence-corrected chi connectivity index (χ1v) is 13.7. The normalized spacial score (nSPS) is 27.8. The summed E-state index contributed by atoms with van der Waals surface area (Å²) in [4.78, 5) is 0. The van der Waals surface area contributed by atoms with Gasteiger partial charge in [-0.05, 0) is 50.4 Å². The lowest BCUT2D eigenvalue weighted by molar-refractivity contribution is -0.301. The van der Waals surface area contributed by atoms with E-state index in [0.717, 1.165) is 37.0 Å². The van der Waals surface area contributed by atoms with E-state index in [9.17, 15) is 20.4 Å². The minimum atomic E-state index is -1.39. The predicted octanol–water partition coefficient (Wildman–Crippen LogP) is 4.97. The zero-order chi connectivity index (χ0) is 25.5. The van der Waals surface area contributed by atoms with Crippen LogP contribution in [0.4, 0.5) is 0 Å². The van der Waals surface area contributed by atoms with Gasteiger partial charge < -0.3 is 29.9 Å². The quantitative estimate of drug-likeness (QED) is 0.161. The molecule has 1 heterocycles. The number of ether oxygens (including phenoxy) is 2. The minimum absolute atomic E-state index is 0.374. The highest BCUT2D eigenvalue weighted by atomic mass is 16.7. The molecule has 0 amide bonds. The summed E-state index contributed by atoms with van der Waals surface area (Å²) in [6.07, 6.45) is 9.70. The van der Waals surface area contributed by atoms with Gasteiger partial charge in [0, 0.05) is 0 Å². The van der Waals surface area contributed by atoms with E-state index >= 15 is 0 Å². The van der Waals surface area contributed by atoms with Crippen molar-refractivity contribution in [2.45, 2.75) is 136 Å². The second-order valence-corrected chi connectivity index (χ2v) is 11.1. The minimum Gasteiger partial charge on any atom is -0.394 e. The highest BCUT2D eigenvalue weighted by Gasteiger charge is 2.43. The van der Waals surface area contributed by atoms with Gasteiger partial charge in [-0.3, -0.25) is 0 Å². The van der Waals surface area contributed by atoms with Gasteiger partial charge in [0.25, 0.3) is 0 Å². The first kappa shape index (κ1) is 31.5. The molecule has 0 bridgehead atoms. The van der Waals surface area contributed by atoms with Gasteiger partial charge in [-0.2, -0.15) is 0 Å². The van der Waals surface area contributed by atoms with Gasteiger partial charge in [0.1, 0.15) is 24.4 Å². The Morgan fingerprint density at radius 1 is 0.824 bits per heavy atom. The summed E-state index contributed by atoms with van der Waals surface area (Å²) in [5.74, 6) is 2.48. The molecule has 1 aliphatic heterocycles. The Labute approximate surface area is 208 Å². The van der Waals surface area contributed by atoms with Crippen LogP contribution in [-0.4, -0.2) is 64.3 Å². The zero-order valence-electron chi connectivity index (χ0n) is 22.5. The van der Waals surface area contributed by atoms with E-state index < -0.39 is 37.3 Å². The van der Waals surface area contributed by atoms with Crippen LogP contribution < -0.4 is 0 Å². The van der Waals surface area contributed by atoms with Crippen LogP contribution in [0.3, 0.4) is 0 Å². The van der Waals surface area contributed by atoms with E-state index in [1.54, 1.807) is 0 Å². The summed E-state index contributed by atoms with van der Waals surface area (Å²) in [5.41, 5.74) is 1.40. The molecule has 0 saturated carbocycles. The number of allylic oxidation sites excluding steroid dienone is 2. The lowest BCUT2D eigenvalue weighted by atomic mass is 9.91. The topological polar surface area (TPSA) is 99.4 Å². The molecule has 1 fully saturated rings. The maximum atomic E-state index is 9.99. The third-order valence-electron chi connectivity index (χ3n) is 7.11. The predicted molar refractivity (Wildman–Crippen MR) is 137 cm³/mol. The smallest absolute Gasteiger partial charge is 0.186 e. The van der Waals surface area contributed by atoms with Crippen molar-refractivity contribution in [3.05, 3.63) is 11.6 Å². The number of hydrogen-bond acceptors (Lipinski definition) is 6. The van der Waals surface area contributed by atoms with Crippen molar-refractivity contribution in [3.63, 3.8) is 0 Å². The maximum absolute atomic E-state index is 9.99. The fourth-order valence-corrected chi connectivity index (χ4v) is 4.65. The summed E-state index contributed by atoms with van der Waals surface area (Å²) in [5, 5.41) is 38.8. The Morgan fingerprint density at radius 3 is 2.00 bits per heavy atom. The van der Waals surface area contributed by atoms with Gasteiger partial charge in [0.15, 0.2) is 6.29 Å². The van der Waals surface area contributed by atoms with E-state index in [-0.39, 0.29) is 0 Å². The zero-order valence-corrected chi connectivity index (χ0v) is 22.5. The fraction of sp³-hybridized carbons (Fsp3) is 0.929. The van der Waals surface area contributed by atoms with Crippen LogP contribution in [0, 0.1) is 17.8 Å². The molecular weight excluding hydrogens is 432 g/mol. The van der Waals surface area contributed by atoms with Crippen LogP contribution in [-0.2, 0) is 9.47 Å². The van der Waals surface area contributed by atoms with E-state index in [1.807, 2.05) is 0 Å². The molecule has 6 nitrogen and oxygen atoms in total. The van der Waals surface area contributed by atoms with Crippen LogP contribution >= 0.6 is 0 Å². The Balaban J connectivity index is 2.10. The fourth-order valence-electron chi connectivity index (χ4n) is 4.65. The van der Waals surface area contributed by atoms with Gasteiger partial charge in [0.2, 0.25) is 0 Å². The van der Waals surface area contributed by atoms with Crippen molar-refractivity contribution >= 4 is 0 Å². The van der Waals surface area contributed by atoms with Gasteiger partial charge in [-0.25, -0.2) is 0 Å². The van der Waals surface area contributed by atoms with Gasteiger partial charge in [0.05, 0.1) is 13.2 Å². The monoisotopic (exact) mass is 486 g/mol. The van der Waals surface area contributed by atoms with Crippen molar-refractivity contribution in [1.82, 2.24) is 0 Å². The molecule has 34 heavy (non-hydrogen) atoms. The lowest BCUT2D eigenvalue weighted by Crippen LogP contribution is -2.59. The number of aliphatic hydroxyl groups is 4. The molecule has 0 aromatic heterocycles. The van der Waals surface area contributed by atoms with Crippen LogP contribution in [0.15, 0.2) is 11.6 Å². The van der Waals surface area contributed by atoms with Gasteiger partial charge in [-0.15, -0.1) is 0 Å². The number of aliphatic hydroxyl groups excluding tert-OH is 4. The number of hydrogen-bond donors (Lipinski definition) is 4. The van der Waals surface area contributed by atoms with Gasteiger partial charge in [-0.1, -0.05) is 84.3 Å². The van der Waals surface area contributed by atoms with E-state index in [2.05, 4.69) is 40.7 Å². The SMILES string of the molecule is CC(=CCCCOC1O[C@H](CO)[C@@H](O)[C@H](O)[C@@H]1O)CCCC(C)CCCC(C)CCCC(C)C. The maximum Gasteiger partial charge on any atom is 0.186 e. The number of unbranched alkanes of at least 4 members (excludes halogenated alkanes) is 1. The molecule has 1 saturated heterocycles. The Kier molecular flexibility index (Phi) is 16.6. The summed E-state index contributed by atoms with van der Waals surface area (Å²) >= 11 is 0. The molecule has 0 radical (unpaired) electrons. The summed E-state index contributed by atoms with van der Waals surface area (Å²) < 4.78 is 10.9. The molecule has 6 heteroatoms. The van der Waals surface area contributed by atoms with Crippen LogP contribution in [0.1, 0.15) is 105 Å². The molecule has 202 valence electrons. The van der Waals surface area contributed by atoms with E-state index in [0.29, 0.717) is 6.61 Å². The average molecular weight is 487 g/mol. The summed E-state index contributed by atoms with van der Waals surface area (Å²) in [6, 6.07) is 0. The van der Waals surface area contributed by atoms with Crippen molar-refractivity contribution in [2.75, 3.05) is 13.2 Å². The Bertz CT molecular complexity index is 535. The second-order valence-electron chi connectivity index (χ2n) is 11.1. The van der Waals surface area contributed by atoms with E-state index in [4.69, 9.17) is 9.47 Å². The molecule has 7 atom stereocenters.